The quantitative estimate of drug-likeness (QED) is 0.903. The minimum Gasteiger partial charge on any atom is -0.318 e. The zero-order valence-corrected chi connectivity index (χ0v) is 12.5. The lowest BCUT2D eigenvalue weighted by molar-refractivity contribution is 0.242. The molecule has 1 unspecified atom stereocenters. The van der Waals surface area contributed by atoms with Crippen molar-refractivity contribution in [3.63, 3.8) is 0 Å². The molecule has 0 bridgehead atoms. The zero-order valence-electron chi connectivity index (χ0n) is 11.7. The third kappa shape index (κ3) is 3.47. The number of aryl methyl sites for hydroxylation is 1. The molecule has 2 nitrogen and oxygen atoms in total. The summed E-state index contributed by atoms with van der Waals surface area (Å²) in [5.41, 5.74) is 4.36. The van der Waals surface area contributed by atoms with Gasteiger partial charge in [-0.3, -0.25) is 4.90 Å². The summed E-state index contributed by atoms with van der Waals surface area (Å²) in [5, 5.41) is 3.31. The monoisotopic (exact) mass is 268 g/mol. The van der Waals surface area contributed by atoms with E-state index in [1.54, 1.807) is 0 Å². The van der Waals surface area contributed by atoms with Gasteiger partial charge in [0.15, 0.2) is 0 Å². The second-order valence-electron chi connectivity index (χ2n) is 5.18. The van der Waals surface area contributed by atoms with Crippen LogP contribution in [-0.2, 0) is 6.54 Å². The van der Waals surface area contributed by atoms with Gasteiger partial charge in [0, 0.05) is 19.1 Å². The Labute approximate surface area is 117 Å². The topological polar surface area (TPSA) is 15.3 Å². The molecule has 1 saturated heterocycles. The molecule has 1 aliphatic heterocycles. The van der Waals surface area contributed by atoms with Crippen molar-refractivity contribution < 1.29 is 0 Å². The van der Waals surface area contributed by atoms with Crippen molar-refractivity contribution in [2.45, 2.75) is 39.3 Å². The number of nitrogens with zero attached hydrogens (tertiary/aromatic N) is 1. The van der Waals surface area contributed by atoms with Gasteiger partial charge in [-0.2, -0.15) is 0 Å². The molecule has 0 aliphatic carbocycles. The van der Waals surface area contributed by atoms with Crippen molar-refractivity contribution in [1.82, 2.24) is 10.2 Å². The molecule has 2 rings (SSSR count). The second kappa shape index (κ2) is 7.13. The Balaban J connectivity index is 0.00000162. The molecule has 1 heterocycles. The molecular weight excluding hydrogens is 244 g/mol. The SMILES string of the molecule is CNCC1CCCN1Cc1cccc(C)c1C.Cl. The maximum Gasteiger partial charge on any atom is 0.0239 e. The van der Waals surface area contributed by atoms with Crippen molar-refractivity contribution in [3.8, 4) is 0 Å². The van der Waals surface area contributed by atoms with Crippen LogP contribution in [0.3, 0.4) is 0 Å². The first kappa shape index (κ1) is 15.5. The Morgan fingerprint density at radius 2 is 2.11 bits per heavy atom. The minimum absolute atomic E-state index is 0. The second-order valence-corrected chi connectivity index (χ2v) is 5.18. The first-order chi connectivity index (χ1) is 8.22. The van der Waals surface area contributed by atoms with E-state index in [-0.39, 0.29) is 12.4 Å². The van der Waals surface area contributed by atoms with Crippen molar-refractivity contribution in [1.29, 1.82) is 0 Å². The highest BCUT2D eigenvalue weighted by Gasteiger charge is 2.23. The Hall–Kier alpha value is -0.570. The summed E-state index contributed by atoms with van der Waals surface area (Å²) < 4.78 is 0. The number of benzene rings is 1. The number of hydrogen-bond acceptors (Lipinski definition) is 2. The fraction of sp³-hybridized carbons (Fsp3) is 0.600. The maximum atomic E-state index is 3.31. The van der Waals surface area contributed by atoms with Crippen LogP contribution < -0.4 is 5.32 Å². The summed E-state index contributed by atoms with van der Waals surface area (Å²) >= 11 is 0. The van der Waals surface area contributed by atoms with Crippen LogP contribution in [0.2, 0.25) is 0 Å². The van der Waals surface area contributed by atoms with E-state index in [2.05, 4.69) is 49.3 Å². The van der Waals surface area contributed by atoms with Crippen molar-refractivity contribution in [2.75, 3.05) is 20.1 Å². The third-order valence-electron chi connectivity index (χ3n) is 4.03. The van der Waals surface area contributed by atoms with Crippen molar-refractivity contribution >= 4 is 12.4 Å². The average molecular weight is 269 g/mol. The van der Waals surface area contributed by atoms with Crippen LogP contribution in [0.5, 0.6) is 0 Å². The summed E-state index contributed by atoms with van der Waals surface area (Å²) in [6, 6.07) is 7.38. The first-order valence-electron chi connectivity index (χ1n) is 6.66. The Bertz CT molecular complexity index is 379. The maximum absolute atomic E-state index is 3.31. The molecule has 0 radical (unpaired) electrons. The predicted molar refractivity (Wildman–Crippen MR) is 80.5 cm³/mol. The number of nitrogens with one attached hydrogen (secondary N) is 1. The third-order valence-corrected chi connectivity index (χ3v) is 4.03. The predicted octanol–water partition coefficient (Wildman–Crippen LogP) is 2.91. The summed E-state index contributed by atoms with van der Waals surface area (Å²) in [6.07, 6.45) is 2.68. The molecule has 102 valence electrons. The molecule has 1 aromatic carbocycles. The zero-order chi connectivity index (χ0) is 12.3. The van der Waals surface area contributed by atoms with Gasteiger partial charge < -0.3 is 5.32 Å². The standard InChI is InChI=1S/C15H24N2.ClH/c1-12-6-4-7-14(13(12)2)11-17-9-5-8-15(17)10-16-3;/h4,6-7,15-16H,5,8-11H2,1-3H3;1H. The van der Waals surface area contributed by atoms with Crippen molar-refractivity contribution in [2.24, 2.45) is 0 Å². The van der Waals surface area contributed by atoms with Crippen LogP contribution in [0.4, 0.5) is 0 Å². The van der Waals surface area contributed by atoms with Gasteiger partial charge in [0.2, 0.25) is 0 Å². The van der Waals surface area contributed by atoms with E-state index in [4.69, 9.17) is 0 Å². The fourth-order valence-corrected chi connectivity index (χ4v) is 2.77. The molecule has 1 aromatic rings. The van der Waals surface area contributed by atoms with E-state index in [1.165, 1.54) is 36.1 Å². The Morgan fingerprint density at radius 3 is 2.83 bits per heavy atom. The normalized spacial score (nSPS) is 19.8. The van der Waals surface area contributed by atoms with Gasteiger partial charge in [-0.25, -0.2) is 0 Å². The van der Waals surface area contributed by atoms with Crippen LogP contribution in [0.1, 0.15) is 29.5 Å². The van der Waals surface area contributed by atoms with E-state index in [0.717, 1.165) is 19.1 Å². The van der Waals surface area contributed by atoms with E-state index < -0.39 is 0 Å². The molecule has 3 heteroatoms. The van der Waals surface area contributed by atoms with Crippen LogP contribution in [-0.4, -0.2) is 31.1 Å². The highest BCUT2D eigenvalue weighted by molar-refractivity contribution is 5.85. The molecular formula is C15H25ClN2. The molecule has 1 aliphatic rings. The lowest BCUT2D eigenvalue weighted by Crippen LogP contribution is -2.36. The number of hydrogen-bond donors (Lipinski definition) is 1. The molecule has 0 aromatic heterocycles. The number of likely N-dealkylation sites (tertiary alicyclic amines) is 1. The van der Waals surface area contributed by atoms with Gasteiger partial charge in [-0.1, -0.05) is 18.2 Å². The first-order valence-corrected chi connectivity index (χ1v) is 6.66. The lowest BCUT2D eigenvalue weighted by Gasteiger charge is -2.25. The van der Waals surface area contributed by atoms with Crippen LogP contribution >= 0.6 is 12.4 Å². The van der Waals surface area contributed by atoms with Gasteiger partial charge in [-0.15, -0.1) is 12.4 Å². The molecule has 18 heavy (non-hydrogen) atoms. The molecule has 1 atom stereocenters. The fourth-order valence-electron chi connectivity index (χ4n) is 2.77. The van der Waals surface area contributed by atoms with E-state index in [1.807, 2.05) is 0 Å². The van der Waals surface area contributed by atoms with Crippen LogP contribution in [0.15, 0.2) is 18.2 Å². The number of likely N-dealkylation sites (N-methyl/N-ethyl adjacent to an activating group) is 1. The highest BCUT2D eigenvalue weighted by atomic mass is 35.5. The Morgan fingerprint density at radius 1 is 1.33 bits per heavy atom. The van der Waals surface area contributed by atoms with E-state index >= 15 is 0 Å². The van der Waals surface area contributed by atoms with E-state index in [0.29, 0.717) is 0 Å². The summed E-state index contributed by atoms with van der Waals surface area (Å²) in [6.45, 7) is 7.92. The Kier molecular flexibility index (Phi) is 6.13. The number of halogens is 1. The van der Waals surface area contributed by atoms with Crippen LogP contribution in [0, 0.1) is 13.8 Å². The molecule has 0 amide bonds. The summed E-state index contributed by atoms with van der Waals surface area (Å²) in [7, 11) is 2.05. The summed E-state index contributed by atoms with van der Waals surface area (Å²) in [5.74, 6) is 0. The smallest absolute Gasteiger partial charge is 0.0239 e. The molecule has 1 fully saturated rings. The van der Waals surface area contributed by atoms with Crippen molar-refractivity contribution in [3.05, 3.63) is 34.9 Å². The average Bonchev–Trinajstić information content (AvgIpc) is 2.73. The molecule has 0 spiro atoms. The highest BCUT2D eigenvalue weighted by Crippen LogP contribution is 2.22. The van der Waals surface area contributed by atoms with Gasteiger partial charge in [0.1, 0.15) is 0 Å². The van der Waals surface area contributed by atoms with Gasteiger partial charge in [0.05, 0.1) is 0 Å². The van der Waals surface area contributed by atoms with Gasteiger partial charge in [0.25, 0.3) is 0 Å². The van der Waals surface area contributed by atoms with E-state index in [9.17, 15) is 0 Å². The van der Waals surface area contributed by atoms with Crippen LogP contribution in [0.25, 0.3) is 0 Å². The molecule has 1 N–H and O–H groups in total. The van der Waals surface area contributed by atoms with Gasteiger partial charge >= 0.3 is 0 Å². The minimum atomic E-state index is 0. The number of rotatable bonds is 4. The molecule has 0 saturated carbocycles. The summed E-state index contributed by atoms with van der Waals surface area (Å²) in [4.78, 5) is 2.62. The largest absolute Gasteiger partial charge is 0.318 e. The van der Waals surface area contributed by atoms with Gasteiger partial charge in [-0.05, 0) is 57.0 Å². The lowest BCUT2D eigenvalue weighted by atomic mass is 10.0.